The molecule has 0 heterocycles. The summed E-state index contributed by atoms with van der Waals surface area (Å²) in [4.78, 5) is 0. The Morgan fingerprint density at radius 3 is 2.29 bits per heavy atom. The molecule has 0 spiro atoms. The third kappa shape index (κ3) is 1.69. The fourth-order valence-corrected chi connectivity index (χ4v) is 6.19. The van der Waals surface area contributed by atoms with Crippen LogP contribution in [-0.2, 0) is 0 Å². The molecule has 0 aliphatic heterocycles. The summed E-state index contributed by atoms with van der Waals surface area (Å²) in [5, 5.41) is 0. The van der Waals surface area contributed by atoms with Crippen LogP contribution in [0.5, 0.6) is 0 Å². The number of nitrogens with two attached hydrogens (primary N) is 1. The van der Waals surface area contributed by atoms with Gasteiger partial charge in [-0.2, -0.15) is 0 Å². The Hall–Kier alpha value is -0.0400. The van der Waals surface area contributed by atoms with Crippen LogP contribution >= 0.6 is 0 Å². The van der Waals surface area contributed by atoms with E-state index < -0.39 is 0 Å². The first-order valence-corrected chi connectivity index (χ1v) is 7.83. The molecule has 0 aromatic carbocycles. The van der Waals surface area contributed by atoms with Gasteiger partial charge in [-0.3, -0.25) is 0 Å². The van der Waals surface area contributed by atoms with Crippen molar-refractivity contribution >= 4 is 0 Å². The van der Waals surface area contributed by atoms with Crippen molar-refractivity contribution < 1.29 is 0 Å². The van der Waals surface area contributed by atoms with Crippen molar-refractivity contribution in [2.24, 2.45) is 34.3 Å². The Morgan fingerprint density at radius 2 is 1.76 bits per heavy atom. The van der Waals surface area contributed by atoms with E-state index in [0.717, 1.165) is 17.8 Å². The van der Waals surface area contributed by atoms with Gasteiger partial charge in [0.15, 0.2) is 0 Å². The number of rotatable bonds is 3. The number of hydrogen-bond acceptors (Lipinski definition) is 1. The van der Waals surface area contributed by atoms with Gasteiger partial charge in [-0.1, -0.05) is 19.8 Å². The van der Waals surface area contributed by atoms with E-state index >= 15 is 0 Å². The Morgan fingerprint density at radius 1 is 1.12 bits per heavy atom. The zero-order valence-corrected chi connectivity index (χ0v) is 11.3. The van der Waals surface area contributed by atoms with Gasteiger partial charge >= 0.3 is 0 Å². The van der Waals surface area contributed by atoms with E-state index in [9.17, 15) is 0 Å². The van der Waals surface area contributed by atoms with Crippen molar-refractivity contribution in [1.29, 1.82) is 0 Å². The van der Waals surface area contributed by atoms with E-state index in [0.29, 0.717) is 16.9 Å². The van der Waals surface area contributed by atoms with Gasteiger partial charge in [-0.15, -0.1) is 0 Å². The SMILES string of the molecule is CC12CC3CC(C1)CC(C(N)CC1CC1)(C3)C2. The van der Waals surface area contributed by atoms with Crippen molar-refractivity contribution in [3.05, 3.63) is 0 Å². The van der Waals surface area contributed by atoms with E-state index in [2.05, 4.69) is 6.92 Å². The lowest BCUT2D eigenvalue weighted by atomic mass is 9.43. The van der Waals surface area contributed by atoms with Crippen molar-refractivity contribution in [3.63, 3.8) is 0 Å². The first-order valence-electron chi connectivity index (χ1n) is 7.83. The van der Waals surface area contributed by atoms with Crippen LogP contribution in [0.2, 0.25) is 0 Å². The second-order valence-electron chi connectivity index (χ2n) is 8.42. The lowest BCUT2D eigenvalue weighted by Gasteiger charge is -2.63. The molecule has 96 valence electrons. The Bertz CT molecular complexity index is 316. The molecule has 2 N–H and O–H groups in total. The molecule has 1 heteroatoms. The lowest BCUT2D eigenvalue weighted by molar-refractivity contribution is -0.114. The zero-order chi connectivity index (χ0) is 11.7. The summed E-state index contributed by atoms with van der Waals surface area (Å²) >= 11 is 0. The highest BCUT2D eigenvalue weighted by atomic mass is 14.8. The average Bonchev–Trinajstić information content (AvgIpc) is 2.97. The number of hydrogen-bond donors (Lipinski definition) is 1. The fraction of sp³-hybridized carbons (Fsp3) is 1.00. The predicted octanol–water partition coefficient (Wildman–Crippen LogP) is 3.72. The zero-order valence-electron chi connectivity index (χ0n) is 11.3. The summed E-state index contributed by atoms with van der Waals surface area (Å²) in [6, 6.07) is 0.528. The van der Waals surface area contributed by atoms with E-state index in [-0.39, 0.29) is 0 Å². The van der Waals surface area contributed by atoms with Crippen LogP contribution in [0.1, 0.15) is 64.7 Å². The maximum absolute atomic E-state index is 6.67. The van der Waals surface area contributed by atoms with Gasteiger partial charge in [0.05, 0.1) is 0 Å². The molecule has 5 aliphatic rings. The third-order valence-electron chi connectivity index (χ3n) is 6.47. The molecule has 5 saturated carbocycles. The summed E-state index contributed by atoms with van der Waals surface area (Å²) in [7, 11) is 0. The van der Waals surface area contributed by atoms with Gasteiger partial charge in [-0.25, -0.2) is 0 Å². The Labute approximate surface area is 106 Å². The molecular formula is C16H27N. The standard InChI is InChI=1S/C16H27N/c1-15-6-12-4-13(7-15)9-16(8-12,10-15)14(17)5-11-2-3-11/h11-14H,2-10,17H2,1H3. The molecule has 3 unspecified atom stereocenters. The topological polar surface area (TPSA) is 26.0 Å². The minimum Gasteiger partial charge on any atom is -0.327 e. The lowest BCUT2D eigenvalue weighted by Crippen LogP contribution is -2.57. The quantitative estimate of drug-likeness (QED) is 0.790. The van der Waals surface area contributed by atoms with Crippen molar-refractivity contribution in [2.45, 2.75) is 70.8 Å². The summed E-state index contributed by atoms with van der Waals surface area (Å²) < 4.78 is 0. The predicted molar refractivity (Wildman–Crippen MR) is 70.5 cm³/mol. The summed E-state index contributed by atoms with van der Waals surface area (Å²) in [5.74, 6) is 3.07. The Balaban J connectivity index is 1.59. The van der Waals surface area contributed by atoms with E-state index in [1.54, 1.807) is 0 Å². The summed E-state index contributed by atoms with van der Waals surface area (Å²) in [6.45, 7) is 2.56. The molecule has 3 atom stereocenters. The van der Waals surface area contributed by atoms with Crippen LogP contribution in [0, 0.1) is 28.6 Å². The monoisotopic (exact) mass is 233 g/mol. The van der Waals surface area contributed by atoms with Gasteiger partial charge < -0.3 is 5.73 Å². The average molecular weight is 233 g/mol. The van der Waals surface area contributed by atoms with Gasteiger partial charge in [0.25, 0.3) is 0 Å². The van der Waals surface area contributed by atoms with Crippen LogP contribution in [0.15, 0.2) is 0 Å². The van der Waals surface area contributed by atoms with Crippen LogP contribution in [0.4, 0.5) is 0 Å². The highest BCUT2D eigenvalue weighted by Crippen LogP contribution is 2.66. The molecule has 0 radical (unpaired) electrons. The second-order valence-corrected chi connectivity index (χ2v) is 8.42. The molecule has 5 fully saturated rings. The molecule has 1 nitrogen and oxygen atoms in total. The van der Waals surface area contributed by atoms with E-state index in [1.165, 1.54) is 57.8 Å². The first-order chi connectivity index (χ1) is 8.07. The Kier molecular flexibility index (Phi) is 2.10. The van der Waals surface area contributed by atoms with Gasteiger partial charge in [0.2, 0.25) is 0 Å². The largest absolute Gasteiger partial charge is 0.327 e. The maximum atomic E-state index is 6.67. The van der Waals surface area contributed by atoms with Crippen LogP contribution in [-0.4, -0.2) is 6.04 Å². The third-order valence-corrected chi connectivity index (χ3v) is 6.47. The molecule has 17 heavy (non-hydrogen) atoms. The van der Waals surface area contributed by atoms with Crippen LogP contribution in [0.3, 0.4) is 0 Å². The fourth-order valence-electron chi connectivity index (χ4n) is 6.19. The molecule has 0 amide bonds. The minimum atomic E-state index is 0.528. The second kappa shape index (κ2) is 3.29. The van der Waals surface area contributed by atoms with Gasteiger partial charge in [0, 0.05) is 6.04 Å². The normalized spacial score (nSPS) is 54.0. The summed E-state index contributed by atoms with van der Waals surface area (Å²) in [6.07, 6.45) is 13.3. The maximum Gasteiger partial charge on any atom is 0.00986 e. The molecule has 0 aromatic heterocycles. The molecule has 5 aliphatic carbocycles. The molecule has 4 bridgehead atoms. The minimum absolute atomic E-state index is 0.528. The van der Waals surface area contributed by atoms with Crippen molar-refractivity contribution in [2.75, 3.05) is 0 Å². The summed E-state index contributed by atoms with van der Waals surface area (Å²) in [5.41, 5.74) is 7.92. The smallest absolute Gasteiger partial charge is 0.00986 e. The highest BCUT2D eigenvalue weighted by Gasteiger charge is 2.57. The van der Waals surface area contributed by atoms with Crippen molar-refractivity contribution in [3.8, 4) is 0 Å². The molecule has 5 rings (SSSR count). The molecular weight excluding hydrogens is 206 g/mol. The van der Waals surface area contributed by atoms with E-state index in [1.807, 2.05) is 0 Å². The van der Waals surface area contributed by atoms with E-state index in [4.69, 9.17) is 5.73 Å². The molecule has 0 saturated heterocycles. The van der Waals surface area contributed by atoms with Crippen molar-refractivity contribution in [1.82, 2.24) is 0 Å². The van der Waals surface area contributed by atoms with Crippen LogP contribution < -0.4 is 5.73 Å². The first kappa shape index (κ1) is 10.8. The van der Waals surface area contributed by atoms with Gasteiger partial charge in [0.1, 0.15) is 0 Å². The van der Waals surface area contributed by atoms with Crippen LogP contribution in [0.25, 0.3) is 0 Å². The van der Waals surface area contributed by atoms with Gasteiger partial charge in [-0.05, 0) is 73.5 Å². The highest BCUT2D eigenvalue weighted by molar-refractivity contribution is 5.09. The molecule has 0 aromatic rings.